The normalized spacial score (nSPS) is 13.9. The molecule has 0 saturated carbocycles. The first-order chi connectivity index (χ1) is 19.0. The number of benzene rings is 3. The number of nitrogens with one attached hydrogen (secondary N) is 2. The second-order valence-electron chi connectivity index (χ2n) is 9.24. The van der Waals surface area contributed by atoms with E-state index in [1.807, 2.05) is 60.7 Å². The molecule has 0 aliphatic carbocycles. The summed E-state index contributed by atoms with van der Waals surface area (Å²) in [4.78, 5) is 22.3. The van der Waals surface area contributed by atoms with Gasteiger partial charge in [-0.05, 0) is 60.9 Å². The van der Waals surface area contributed by atoms with Crippen LogP contribution in [0.25, 0.3) is 0 Å². The minimum Gasteiger partial charge on any atom is -0.421 e. The maximum atomic E-state index is 13.0. The van der Waals surface area contributed by atoms with Crippen molar-refractivity contribution in [3.8, 4) is 5.75 Å². The lowest BCUT2D eigenvalue weighted by Gasteiger charge is -2.19. The van der Waals surface area contributed by atoms with Crippen LogP contribution >= 0.6 is 7.60 Å². The van der Waals surface area contributed by atoms with E-state index in [0.29, 0.717) is 18.5 Å². The third kappa shape index (κ3) is 10.8. The van der Waals surface area contributed by atoms with Crippen LogP contribution < -0.4 is 14.6 Å². The molecule has 0 spiro atoms. The van der Waals surface area contributed by atoms with Gasteiger partial charge in [0.15, 0.2) is 0 Å². The molecule has 3 aromatic rings. The van der Waals surface area contributed by atoms with E-state index in [4.69, 9.17) is 0 Å². The summed E-state index contributed by atoms with van der Waals surface area (Å²) in [6, 6.07) is 23.1. The molecule has 0 radical (unpaired) electrons. The number of alkyl halides is 2. The summed E-state index contributed by atoms with van der Waals surface area (Å²) in [5.41, 5.74) is 2.52. The van der Waals surface area contributed by atoms with Crippen molar-refractivity contribution < 1.29 is 36.0 Å². The van der Waals surface area contributed by atoms with Crippen LogP contribution in [0.15, 0.2) is 84.9 Å². The summed E-state index contributed by atoms with van der Waals surface area (Å²) in [6.07, 6.45) is -0.933. The van der Waals surface area contributed by atoms with Crippen LogP contribution in [0, 0.1) is 0 Å². The monoisotopic (exact) mass is 594 g/mol. The van der Waals surface area contributed by atoms with Crippen LogP contribution in [-0.4, -0.2) is 43.7 Å². The molecular weight excluding hydrogens is 561 g/mol. The lowest BCUT2D eigenvalue weighted by atomic mass is 10.1. The smallest absolute Gasteiger partial charge is 0.421 e. The second kappa shape index (κ2) is 15.0. The Bertz CT molecular complexity index is 1360. The van der Waals surface area contributed by atoms with Crippen LogP contribution in [0.2, 0.25) is 0 Å². The number of hydrogen-bond acceptors (Lipinski definition) is 5. The Kier molecular flexibility index (Phi) is 11.8. The molecule has 3 aromatic carbocycles. The molecule has 3 rings (SSSR count). The number of amides is 1. The van der Waals surface area contributed by atoms with E-state index in [1.54, 1.807) is 0 Å². The number of halogens is 2. The van der Waals surface area contributed by atoms with Crippen molar-refractivity contribution in [3.63, 3.8) is 0 Å². The molecule has 0 fully saturated rings. The predicted molar refractivity (Wildman–Crippen MR) is 150 cm³/mol. The molecule has 0 saturated heterocycles. The first kappa shape index (κ1) is 31.4. The van der Waals surface area contributed by atoms with Gasteiger partial charge in [0.1, 0.15) is 11.8 Å². The third-order valence-corrected chi connectivity index (χ3v) is 8.37. The molecule has 3 N–H and O–H groups in total. The zero-order chi connectivity index (χ0) is 29.0. The summed E-state index contributed by atoms with van der Waals surface area (Å²) in [5, 5.41) is 2.80. The van der Waals surface area contributed by atoms with Gasteiger partial charge in [-0.25, -0.2) is 17.7 Å². The predicted octanol–water partition coefficient (Wildman–Crippen LogP) is 4.69. The van der Waals surface area contributed by atoms with E-state index in [1.165, 1.54) is 29.8 Å². The number of carbonyl (C=O) groups is 1. The third-order valence-electron chi connectivity index (χ3n) is 6.02. The van der Waals surface area contributed by atoms with E-state index in [9.17, 15) is 31.5 Å². The van der Waals surface area contributed by atoms with Gasteiger partial charge in [0, 0.05) is 6.54 Å². The molecule has 1 unspecified atom stereocenters. The Balaban J connectivity index is 1.63. The van der Waals surface area contributed by atoms with Crippen molar-refractivity contribution in [3.05, 3.63) is 102 Å². The fourth-order valence-corrected chi connectivity index (χ4v) is 5.66. The summed E-state index contributed by atoms with van der Waals surface area (Å²) >= 11 is 0. The first-order valence-corrected chi connectivity index (χ1v) is 16.1. The quantitative estimate of drug-likeness (QED) is 0.164. The summed E-state index contributed by atoms with van der Waals surface area (Å²) in [6.45, 7) is 0.361. The molecular formula is C28H33F2N2O6PS. The summed E-state index contributed by atoms with van der Waals surface area (Å²) < 4.78 is 69.5. The van der Waals surface area contributed by atoms with E-state index in [0.717, 1.165) is 18.4 Å². The highest BCUT2D eigenvalue weighted by molar-refractivity contribution is 7.89. The minimum absolute atomic E-state index is 0.0354. The average Bonchev–Trinajstić information content (AvgIpc) is 2.93. The van der Waals surface area contributed by atoms with Crippen LogP contribution in [-0.2, 0) is 38.6 Å². The van der Waals surface area contributed by atoms with Crippen LogP contribution in [0.3, 0.4) is 0 Å². The van der Waals surface area contributed by atoms with Gasteiger partial charge in [0.25, 0.3) is 0 Å². The Morgan fingerprint density at radius 2 is 1.43 bits per heavy atom. The SMILES string of the molecule is O=C(NCCCCc1ccccc1)[C@H](Cc1ccc(OP(=O)(O)C(F)F)cc1)NS(=O)(=O)CCc1ccccc1. The van der Waals surface area contributed by atoms with Gasteiger partial charge in [-0.3, -0.25) is 4.79 Å². The average molecular weight is 595 g/mol. The molecule has 1 amide bonds. The van der Waals surface area contributed by atoms with Gasteiger partial charge in [-0.1, -0.05) is 72.8 Å². The Labute approximate surface area is 233 Å². The Hall–Kier alpha value is -3.11. The molecule has 12 heteroatoms. The highest BCUT2D eigenvalue weighted by Crippen LogP contribution is 2.48. The minimum atomic E-state index is -5.13. The fraction of sp³-hybridized carbons (Fsp3) is 0.321. The number of unbranched alkanes of at least 4 members (excludes halogenated alkanes) is 1. The van der Waals surface area contributed by atoms with Crippen LogP contribution in [0.5, 0.6) is 5.75 Å². The fourth-order valence-electron chi connectivity index (χ4n) is 3.91. The van der Waals surface area contributed by atoms with E-state index in [-0.39, 0.29) is 24.3 Å². The van der Waals surface area contributed by atoms with Crippen molar-refractivity contribution in [1.82, 2.24) is 10.0 Å². The number of rotatable bonds is 16. The maximum Gasteiger partial charge on any atom is 0.442 e. The second-order valence-corrected chi connectivity index (χ2v) is 12.8. The van der Waals surface area contributed by atoms with Gasteiger partial charge in [-0.15, -0.1) is 0 Å². The number of hydrogen-bond donors (Lipinski definition) is 3. The molecule has 2 atom stereocenters. The number of carbonyl (C=O) groups excluding carboxylic acids is 1. The van der Waals surface area contributed by atoms with Crippen LogP contribution in [0.4, 0.5) is 8.78 Å². The van der Waals surface area contributed by atoms with Crippen molar-refractivity contribution in [2.75, 3.05) is 12.3 Å². The first-order valence-electron chi connectivity index (χ1n) is 12.8. The molecule has 0 bridgehead atoms. The zero-order valence-electron chi connectivity index (χ0n) is 21.8. The number of sulfonamides is 1. The number of aryl methyl sites for hydroxylation is 2. The van der Waals surface area contributed by atoms with Crippen LogP contribution in [0.1, 0.15) is 29.5 Å². The van der Waals surface area contributed by atoms with Crippen molar-refractivity contribution >= 4 is 23.5 Å². The molecule has 0 heterocycles. The zero-order valence-corrected chi connectivity index (χ0v) is 23.5. The van der Waals surface area contributed by atoms with Gasteiger partial charge in [-0.2, -0.15) is 8.78 Å². The standard InChI is InChI=1S/C28H33F2N2O6PS/c29-28(30)39(34,35)38-25-16-14-24(15-17-25)21-26(32-40(36,37)20-18-23-11-5-2-6-12-23)27(33)31-19-8-7-13-22-9-3-1-4-10-22/h1-6,9-12,14-17,26,28,32H,7-8,13,18-21H2,(H,31,33)(H,34,35)/t26-/m0/s1. The van der Waals surface area contributed by atoms with Crippen molar-refractivity contribution in [2.45, 2.75) is 44.3 Å². The highest BCUT2D eigenvalue weighted by Gasteiger charge is 2.34. The van der Waals surface area contributed by atoms with E-state index < -0.39 is 35.7 Å². The summed E-state index contributed by atoms with van der Waals surface area (Å²) in [5.74, 6) is -0.969. The maximum absolute atomic E-state index is 13.0. The van der Waals surface area contributed by atoms with Crippen molar-refractivity contribution in [2.24, 2.45) is 0 Å². The van der Waals surface area contributed by atoms with Gasteiger partial charge < -0.3 is 14.7 Å². The lowest BCUT2D eigenvalue weighted by molar-refractivity contribution is -0.122. The van der Waals surface area contributed by atoms with E-state index in [2.05, 4.69) is 14.6 Å². The lowest BCUT2D eigenvalue weighted by Crippen LogP contribution is -2.48. The summed E-state index contributed by atoms with van der Waals surface area (Å²) in [7, 11) is -8.98. The van der Waals surface area contributed by atoms with Crippen molar-refractivity contribution in [1.29, 1.82) is 0 Å². The van der Waals surface area contributed by atoms with Gasteiger partial charge >= 0.3 is 13.8 Å². The van der Waals surface area contributed by atoms with Gasteiger partial charge in [0.05, 0.1) is 5.75 Å². The largest absolute Gasteiger partial charge is 0.442 e. The molecule has 8 nitrogen and oxygen atoms in total. The molecule has 0 aliphatic rings. The molecule has 0 aromatic heterocycles. The molecule has 0 aliphatic heterocycles. The topological polar surface area (TPSA) is 122 Å². The van der Waals surface area contributed by atoms with E-state index >= 15 is 0 Å². The molecule has 216 valence electrons. The highest BCUT2D eigenvalue weighted by atomic mass is 32.2. The Morgan fingerprint density at radius 1 is 0.850 bits per heavy atom. The Morgan fingerprint density at radius 3 is 2.00 bits per heavy atom. The van der Waals surface area contributed by atoms with Gasteiger partial charge in [0.2, 0.25) is 15.9 Å². The molecule has 40 heavy (non-hydrogen) atoms.